The molecule has 2 aliphatic carbocycles. The maximum Gasteiger partial charge on any atom is 0.0642 e. The predicted molar refractivity (Wildman–Crippen MR) is 88.1 cm³/mol. The second kappa shape index (κ2) is 5.79. The highest BCUT2D eigenvalue weighted by Gasteiger charge is 2.31. The number of anilines is 1. The summed E-state index contributed by atoms with van der Waals surface area (Å²) in [7, 11) is 0. The summed E-state index contributed by atoms with van der Waals surface area (Å²) >= 11 is 6.52. The largest absolute Gasteiger partial charge is 0.368 e. The van der Waals surface area contributed by atoms with E-state index in [0.29, 0.717) is 0 Å². The quantitative estimate of drug-likeness (QED) is 0.902. The van der Waals surface area contributed by atoms with Crippen LogP contribution >= 0.6 is 11.6 Å². The fourth-order valence-corrected chi connectivity index (χ4v) is 3.56. The van der Waals surface area contributed by atoms with Crippen LogP contribution in [0.5, 0.6) is 0 Å². The number of nitrogens with zero attached hydrogens (tertiary/aromatic N) is 2. The van der Waals surface area contributed by atoms with E-state index < -0.39 is 0 Å². The van der Waals surface area contributed by atoms with Crippen LogP contribution in [-0.4, -0.2) is 43.2 Å². The van der Waals surface area contributed by atoms with Gasteiger partial charge in [-0.3, -0.25) is 4.90 Å². The molecule has 0 spiro atoms. The molecule has 0 unspecified atom stereocenters. The van der Waals surface area contributed by atoms with Crippen molar-refractivity contribution in [3.63, 3.8) is 0 Å². The van der Waals surface area contributed by atoms with Crippen LogP contribution < -0.4 is 10.2 Å². The van der Waals surface area contributed by atoms with E-state index in [1.54, 1.807) is 0 Å². The number of piperazine rings is 1. The van der Waals surface area contributed by atoms with Gasteiger partial charge in [0.15, 0.2) is 0 Å². The second-order valence-corrected chi connectivity index (χ2v) is 7.10. The average Bonchev–Trinajstić information content (AvgIpc) is 3.39. The first-order valence-corrected chi connectivity index (χ1v) is 8.68. The molecular formula is C17H24ClN3. The lowest BCUT2D eigenvalue weighted by molar-refractivity contribution is 0.248. The molecule has 0 aromatic heterocycles. The SMILES string of the molecule is Clc1cc(CNC2CC2)ccc1N1CCN(C2CC2)CC1. The Hall–Kier alpha value is -0.770. The highest BCUT2D eigenvalue weighted by Crippen LogP contribution is 2.31. The topological polar surface area (TPSA) is 18.5 Å². The Bertz CT molecular complexity index is 503. The van der Waals surface area contributed by atoms with Crippen molar-refractivity contribution in [3.8, 4) is 0 Å². The molecule has 0 bridgehead atoms. The maximum absolute atomic E-state index is 6.52. The van der Waals surface area contributed by atoms with E-state index in [4.69, 9.17) is 11.6 Å². The van der Waals surface area contributed by atoms with E-state index in [1.165, 1.54) is 50.0 Å². The first kappa shape index (κ1) is 13.9. The Labute approximate surface area is 132 Å². The van der Waals surface area contributed by atoms with Crippen molar-refractivity contribution in [2.75, 3.05) is 31.1 Å². The lowest BCUT2D eigenvalue weighted by Gasteiger charge is -2.36. The molecule has 1 aromatic rings. The zero-order chi connectivity index (χ0) is 14.2. The Kier molecular flexibility index (Phi) is 3.82. The molecule has 3 nitrogen and oxygen atoms in total. The molecule has 0 amide bonds. The van der Waals surface area contributed by atoms with Gasteiger partial charge in [-0.25, -0.2) is 0 Å². The van der Waals surface area contributed by atoms with E-state index in [0.717, 1.165) is 36.7 Å². The van der Waals surface area contributed by atoms with Crippen molar-refractivity contribution in [1.29, 1.82) is 0 Å². The normalized spacial score (nSPS) is 23.6. The first-order chi connectivity index (χ1) is 10.3. The number of halogens is 1. The summed E-state index contributed by atoms with van der Waals surface area (Å²) < 4.78 is 0. The summed E-state index contributed by atoms with van der Waals surface area (Å²) in [5, 5.41) is 4.45. The van der Waals surface area contributed by atoms with E-state index in [2.05, 4.69) is 33.3 Å². The third kappa shape index (κ3) is 3.36. The van der Waals surface area contributed by atoms with Gasteiger partial charge < -0.3 is 10.2 Å². The van der Waals surface area contributed by atoms with Gasteiger partial charge in [-0.2, -0.15) is 0 Å². The summed E-state index contributed by atoms with van der Waals surface area (Å²) in [4.78, 5) is 5.08. The molecule has 3 aliphatic rings. The first-order valence-electron chi connectivity index (χ1n) is 8.30. The fourth-order valence-electron chi connectivity index (χ4n) is 3.23. The summed E-state index contributed by atoms with van der Waals surface area (Å²) in [5.41, 5.74) is 2.51. The molecule has 1 heterocycles. The molecule has 114 valence electrons. The minimum Gasteiger partial charge on any atom is -0.368 e. The van der Waals surface area contributed by atoms with Crippen molar-refractivity contribution < 1.29 is 0 Å². The monoisotopic (exact) mass is 305 g/mol. The van der Waals surface area contributed by atoms with Crippen molar-refractivity contribution >= 4 is 17.3 Å². The van der Waals surface area contributed by atoms with Gasteiger partial charge in [0.2, 0.25) is 0 Å². The van der Waals surface area contributed by atoms with E-state index in [-0.39, 0.29) is 0 Å². The van der Waals surface area contributed by atoms with Crippen molar-refractivity contribution in [1.82, 2.24) is 10.2 Å². The van der Waals surface area contributed by atoms with Gasteiger partial charge in [0.1, 0.15) is 0 Å². The minimum atomic E-state index is 0.749. The molecule has 4 heteroatoms. The standard InChI is InChI=1S/C17H24ClN3/c18-16-11-13(12-19-14-2-3-14)1-6-17(16)21-9-7-20(8-10-21)15-4-5-15/h1,6,11,14-15,19H,2-5,7-10,12H2. The van der Waals surface area contributed by atoms with E-state index in [1.807, 2.05) is 0 Å². The van der Waals surface area contributed by atoms with Gasteiger partial charge in [0.25, 0.3) is 0 Å². The summed E-state index contributed by atoms with van der Waals surface area (Å²) in [6.07, 6.45) is 5.47. The third-order valence-electron chi connectivity index (χ3n) is 4.90. The summed E-state index contributed by atoms with van der Waals surface area (Å²) in [6, 6.07) is 8.21. The molecule has 4 rings (SSSR count). The molecule has 2 saturated carbocycles. The van der Waals surface area contributed by atoms with Gasteiger partial charge in [-0.1, -0.05) is 17.7 Å². The van der Waals surface area contributed by atoms with Gasteiger partial charge in [0.05, 0.1) is 10.7 Å². The molecule has 1 aromatic carbocycles. The van der Waals surface area contributed by atoms with E-state index >= 15 is 0 Å². The van der Waals surface area contributed by atoms with Gasteiger partial charge >= 0.3 is 0 Å². The van der Waals surface area contributed by atoms with Crippen LogP contribution in [0, 0.1) is 0 Å². The fraction of sp³-hybridized carbons (Fsp3) is 0.647. The zero-order valence-corrected chi connectivity index (χ0v) is 13.3. The van der Waals surface area contributed by atoms with Gasteiger partial charge in [-0.15, -0.1) is 0 Å². The molecule has 3 fully saturated rings. The Morgan fingerprint density at radius 2 is 1.81 bits per heavy atom. The van der Waals surface area contributed by atoms with Gasteiger partial charge in [0, 0.05) is 44.8 Å². The Morgan fingerprint density at radius 3 is 2.43 bits per heavy atom. The molecular weight excluding hydrogens is 282 g/mol. The third-order valence-corrected chi connectivity index (χ3v) is 5.21. The van der Waals surface area contributed by atoms with Crippen LogP contribution in [0.3, 0.4) is 0 Å². The predicted octanol–water partition coefficient (Wildman–Crippen LogP) is 2.88. The molecule has 0 radical (unpaired) electrons. The van der Waals surface area contributed by atoms with Crippen molar-refractivity contribution in [2.24, 2.45) is 0 Å². The number of nitrogens with one attached hydrogen (secondary N) is 1. The highest BCUT2D eigenvalue weighted by atomic mass is 35.5. The van der Waals surface area contributed by atoms with Crippen LogP contribution in [0.25, 0.3) is 0 Å². The average molecular weight is 306 g/mol. The Balaban J connectivity index is 1.37. The molecule has 21 heavy (non-hydrogen) atoms. The molecule has 1 aliphatic heterocycles. The number of hydrogen-bond donors (Lipinski definition) is 1. The number of hydrogen-bond acceptors (Lipinski definition) is 3. The van der Waals surface area contributed by atoms with Crippen LogP contribution in [0.1, 0.15) is 31.2 Å². The maximum atomic E-state index is 6.52. The molecule has 1 saturated heterocycles. The smallest absolute Gasteiger partial charge is 0.0642 e. The summed E-state index contributed by atoms with van der Waals surface area (Å²) in [5.74, 6) is 0. The van der Waals surface area contributed by atoms with Crippen molar-refractivity contribution in [3.05, 3.63) is 28.8 Å². The van der Waals surface area contributed by atoms with Crippen LogP contribution in [0.2, 0.25) is 5.02 Å². The van der Waals surface area contributed by atoms with E-state index in [9.17, 15) is 0 Å². The number of benzene rings is 1. The second-order valence-electron chi connectivity index (χ2n) is 6.70. The minimum absolute atomic E-state index is 0.749. The molecule has 0 atom stereocenters. The molecule has 1 N–H and O–H groups in total. The van der Waals surface area contributed by atoms with Crippen LogP contribution in [-0.2, 0) is 6.54 Å². The van der Waals surface area contributed by atoms with Crippen LogP contribution in [0.4, 0.5) is 5.69 Å². The van der Waals surface area contributed by atoms with Crippen LogP contribution in [0.15, 0.2) is 18.2 Å². The highest BCUT2D eigenvalue weighted by molar-refractivity contribution is 6.33. The Morgan fingerprint density at radius 1 is 1.05 bits per heavy atom. The van der Waals surface area contributed by atoms with Gasteiger partial charge in [-0.05, 0) is 43.4 Å². The summed E-state index contributed by atoms with van der Waals surface area (Å²) in [6.45, 7) is 5.53. The van der Waals surface area contributed by atoms with Crippen molar-refractivity contribution in [2.45, 2.75) is 44.3 Å². The number of rotatable bonds is 5. The lowest BCUT2D eigenvalue weighted by Crippen LogP contribution is -2.47. The zero-order valence-electron chi connectivity index (χ0n) is 12.5. The lowest BCUT2D eigenvalue weighted by atomic mass is 10.1.